The van der Waals surface area contributed by atoms with E-state index < -0.39 is 0 Å². The van der Waals surface area contributed by atoms with Crippen LogP contribution < -0.4 is 16.0 Å². The zero-order chi connectivity index (χ0) is 15.5. The number of anilines is 1. The van der Waals surface area contributed by atoms with Crippen LogP contribution in [-0.2, 0) is 11.2 Å². The first-order chi connectivity index (χ1) is 10.2. The van der Waals surface area contributed by atoms with E-state index in [4.69, 9.17) is 0 Å². The molecule has 0 aliphatic carbocycles. The Morgan fingerprint density at radius 1 is 1.14 bits per heavy atom. The number of hydrogen-bond donors (Lipinski definition) is 3. The fourth-order valence-electron chi connectivity index (χ4n) is 1.85. The molecule has 0 heterocycles. The molecule has 5 nitrogen and oxygen atoms in total. The van der Waals surface area contributed by atoms with Crippen LogP contribution in [0.25, 0.3) is 0 Å². The number of nitrogens with zero attached hydrogens (tertiary/aromatic N) is 1. The van der Waals surface area contributed by atoms with Gasteiger partial charge in [-0.05, 0) is 37.5 Å². The van der Waals surface area contributed by atoms with Crippen LogP contribution >= 0.6 is 24.0 Å². The highest BCUT2D eigenvalue weighted by Crippen LogP contribution is 2.09. The summed E-state index contributed by atoms with van der Waals surface area (Å²) in [7, 11) is 0. The first-order valence-corrected chi connectivity index (χ1v) is 7.54. The summed E-state index contributed by atoms with van der Waals surface area (Å²) in [5.74, 6) is 0.820. The lowest BCUT2D eigenvalue weighted by Crippen LogP contribution is -2.38. The molecule has 0 aliphatic heterocycles. The average molecular weight is 418 g/mol. The summed E-state index contributed by atoms with van der Waals surface area (Å²) in [6.45, 7) is 8.21. The summed E-state index contributed by atoms with van der Waals surface area (Å²) >= 11 is 0. The van der Waals surface area contributed by atoms with E-state index in [2.05, 4.69) is 34.8 Å². The third-order valence-corrected chi connectivity index (χ3v) is 2.82. The van der Waals surface area contributed by atoms with E-state index in [1.165, 1.54) is 12.5 Å². The van der Waals surface area contributed by atoms with Crippen LogP contribution in [-0.4, -0.2) is 31.5 Å². The minimum atomic E-state index is -0.0492. The van der Waals surface area contributed by atoms with Crippen molar-refractivity contribution in [1.29, 1.82) is 0 Å². The Balaban J connectivity index is 0.00000441. The largest absolute Gasteiger partial charge is 0.357 e. The maximum Gasteiger partial charge on any atom is 0.221 e. The maximum atomic E-state index is 11.0. The summed E-state index contributed by atoms with van der Waals surface area (Å²) in [6.07, 6.45) is 1.96. The Morgan fingerprint density at radius 2 is 1.82 bits per heavy atom. The second-order valence-electron chi connectivity index (χ2n) is 4.82. The monoisotopic (exact) mass is 418 g/mol. The van der Waals surface area contributed by atoms with Crippen molar-refractivity contribution in [3.05, 3.63) is 29.8 Å². The van der Waals surface area contributed by atoms with Gasteiger partial charge < -0.3 is 16.0 Å². The van der Waals surface area contributed by atoms with Crippen molar-refractivity contribution in [2.45, 2.75) is 33.6 Å². The van der Waals surface area contributed by atoms with Gasteiger partial charge in [-0.1, -0.05) is 19.1 Å². The fourth-order valence-corrected chi connectivity index (χ4v) is 1.85. The maximum absolute atomic E-state index is 11.0. The standard InChI is InChI=1S/C16H26N4O.HI/c1-4-11-18-16(17-5-2)19-12-10-14-6-8-15(9-7-14)20-13(3)21;/h6-9H,4-5,10-12H2,1-3H3,(H,20,21)(H2,17,18,19);1H. The summed E-state index contributed by atoms with van der Waals surface area (Å²) in [6, 6.07) is 7.91. The fraction of sp³-hybridized carbons (Fsp3) is 0.500. The third-order valence-electron chi connectivity index (χ3n) is 2.82. The van der Waals surface area contributed by atoms with E-state index in [0.717, 1.165) is 44.1 Å². The highest BCUT2D eigenvalue weighted by Gasteiger charge is 1.99. The van der Waals surface area contributed by atoms with Crippen LogP contribution in [0.5, 0.6) is 0 Å². The molecule has 124 valence electrons. The van der Waals surface area contributed by atoms with Crippen molar-refractivity contribution in [2.24, 2.45) is 4.99 Å². The van der Waals surface area contributed by atoms with Gasteiger partial charge in [0.05, 0.1) is 0 Å². The number of aliphatic imine (C=N–C) groups is 1. The Bertz CT molecular complexity index is 460. The minimum absolute atomic E-state index is 0. The first kappa shape index (κ1) is 20.7. The number of halogens is 1. The number of amides is 1. The lowest BCUT2D eigenvalue weighted by atomic mass is 10.1. The van der Waals surface area contributed by atoms with E-state index in [-0.39, 0.29) is 29.9 Å². The average Bonchev–Trinajstić information content (AvgIpc) is 2.46. The molecule has 1 aromatic carbocycles. The summed E-state index contributed by atoms with van der Waals surface area (Å²) < 4.78 is 0. The number of benzene rings is 1. The lowest BCUT2D eigenvalue weighted by molar-refractivity contribution is -0.114. The van der Waals surface area contributed by atoms with Gasteiger partial charge >= 0.3 is 0 Å². The van der Waals surface area contributed by atoms with Crippen molar-refractivity contribution in [3.63, 3.8) is 0 Å². The van der Waals surface area contributed by atoms with Crippen LogP contribution in [0.4, 0.5) is 5.69 Å². The molecule has 0 fully saturated rings. The molecule has 0 saturated carbocycles. The molecule has 0 atom stereocenters. The van der Waals surface area contributed by atoms with Gasteiger partial charge in [-0.2, -0.15) is 0 Å². The number of rotatable bonds is 7. The van der Waals surface area contributed by atoms with Crippen molar-refractivity contribution >= 4 is 41.5 Å². The number of nitrogens with one attached hydrogen (secondary N) is 3. The molecule has 0 unspecified atom stereocenters. The molecule has 0 aliphatic rings. The predicted octanol–water partition coefficient (Wildman–Crippen LogP) is 2.77. The molecule has 1 aromatic rings. The number of carbonyl (C=O) groups excluding carboxylic acids is 1. The highest BCUT2D eigenvalue weighted by molar-refractivity contribution is 14.0. The van der Waals surface area contributed by atoms with E-state index in [1.54, 1.807) is 0 Å². The Morgan fingerprint density at radius 3 is 2.36 bits per heavy atom. The quantitative estimate of drug-likeness (QED) is 0.363. The normalized spacial score (nSPS) is 10.6. The van der Waals surface area contributed by atoms with Crippen LogP contribution in [0.15, 0.2) is 29.3 Å². The summed E-state index contributed by atoms with van der Waals surface area (Å²) in [4.78, 5) is 15.4. The van der Waals surface area contributed by atoms with Gasteiger partial charge in [-0.15, -0.1) is 24.0 Å². The Labute approximate surface area is 150 Å². The SMILES string of the molecule is CCCN=C(NCC)NCCc1ccc(NC(C)=O)cc1.I. The third kappa shape index (κ3) is 8.86. The van der Waals surface area contributed by atoms with Gasteiger partial charge in [0, 0.05) is 32.2 Å². The van der Waals surface area contributed by atoms with E-state index in [0.29, 0.717) is 0 Å². The van der Waals surface area contributed by atoms with Gasteiger partial charge in [-0.3, -0.25) is 9.79 Å². The topological polar surface area (TPSA) is 65.5 Å². The van der Waals surface area contributed by atoms with Crippen LogP contribution in [0, 0.1) is 0 Å². The number of carbonyl (C=O) groups is 1. The molecule has 0 bridgehead atoms. The zero-order valence-corrected chi connectivity index (χ0v) is 15.9. The molecule has 1 amide bonds. The smallest absolute Gasteiger partial charge is 0.221 e. The second-order valence-corrected chi connectivity index (χ2v) is 4.82. The van der Waals surface area contributed by atoms with Crippen molar-refractivity contribution < 1.29 is 4.79 Å². The van der Waals surface area contributed by atoms with Gasteiger partial charge in [-0.25, -0.2) is 0 Å². The molecule has 0 spiro atoms. The Hall–Kier alpha value is -1.31. The molecular formula is C16H27IN4O. The van der Waals surface area contributed by atoms with Gasteiger partial charge in [0.25, 0.3) is 0 Å². The van der Waals surface area contributed by atoms with E-state index >= 15 is 0 Å². The zero-order valence-electron chi connectivity index (χ0n) is 13.6. The minimum Gasteiger partial charge on any atom is -0.357 e. The summed E-state index contributed by atoms with van der Waals surface area (Å²) in [5.41, 5.74) is 2.06. The van der Waals surface area contributed by atoms with Crippen LogP contribution in [0.1, 0.15) is 32.8 Å². The molecule has 22 heavy (non-hydrogen) atoms. The molecule has 1 rings (SSSR count). The highest BCUT2D eigenvalue weighted by atomic mass is 127. The van der Waals surface area contributed by atoms with Crippen molar-refractivity contribution in [1.82, 2.24) is 10.6 Å². The van der Waals surface area contributed by atoms with Gasteiger partial charge in [0.2, 0.25) is 5.91 Å². The van der Waals surface area contributed by atoms with Gasteiger partial charge in [0.1, 0.15) is 0 Å². The van der Waals surface area contributed by atoms with E-state index in [9.17, 15) is 4.79 Å². The summed E-state index contributed by atoms with van der Waals surface area (Å²) in [5, 5.41) is 9.31. The number of hydrogen-bond acceptors (Lipinski definition) is 2. The lowest BCUT2D eigenvalue weighted by Gasteiger charge is -2.11. The number of guanidine groups is 1. The molecule has 0 radical (unpaired) electrons. The molecule has 0 saturated heterocycles. The molecule has 0 aromatic heterocycles. The van der Waals surface area contributed by atoms with Gasteiger partial charge in [0.15, 0.2) is 5.96 Å². The first-order valence-electron chi connectivity index (χ1n) is 7.54. The second kappa shape index (κ2) is 12.3. The van der Waals surface area contributed by atoms with Crippen molar-refractivity contribution in [2.75, 3.05) is 25.0 Å². The van der Waals surface area contributed by atoms with Crippen LogP contribution in [0.2, 0.25) is 0 Å². The Kier molecular flexibility index (Phi) is 11.5. The predicted molar refractivity (Wildman–Crippen MR) is 104 cm³/mol. The molecular weight excluding hydrogens is 391 g/mol. The van der Waals surface area contributed by atoms with Crippen molar-refractivity contribution in [3.8, 4) is 0 Å². The van der Waals surface area contributed by atoms with E-state index in [1.807, 2.05) is 24.3 Å². The molecule has 3 N–H and O–H groups in total. The molecule has 6 heteroatoms. The van der Waals surface area contributed by atoms with Crippen LogP contribution in [0.3, 0.4) is 0 Å².